The normalized spacial score (nSPS) is 21.3. The van der Waals surface area contributed by atoms with E-state index in [0.717, 1.165) is 62.3 Å². The van der Waals surface area contributed by atoms with E-state index in [9.17, 15) is 0 Å². The first-order valence-electron chi connectivity index (χ1n) is 9.32. The molecule has 2 N–H and O–H groups in total. The summed E-state index contributed by atoms with van der Waals surface area (Å²) in [6.45, 7) is 4.39. The van der Waals surface area contributed by atoms with Crippen molar-refractivity contribution in [2.45, 2.75) is 44.7 Å². The van der Waals surface area contributed by atoms with Gasteiger partial charge in [-0.15, -0.1) is 24.0 Å². The predicted molar refractivity (Wildman–Crippen MR) is 116 cm³/mol. The number of aromatic nitrogens is 3. The zero-order valence-corrected chi connectivity index (χ0v) is 18.1. The third-order valence-corrected chi connectivity index (χ3v) is 5.13. The summed E-state index contributed by atoms with van der Waals surface area (Å²) in [5.41, 5.74) is 1.28. The van der Waals surface area contributed by atoms with E-state index in [1.165, 1.54) is 5.56 Å². The lowest BCUT2D eigenvalue weighted by atomic mass is 9.93. The van der Waals surface area contributed by atoms with Gasteiger partial charge >= 0.3 is 0 Å². The topological polar surface area (TPSA) is 76.4 Å². The molecular formula is C19H27IN6O. The Morgan fingerprint density at radius 2 is 2.19 bits per heavy atom. The first-order valence-corrected chi connectivity index (χ1v) is 9.32. The number of hydrogen-bond acceptors (Lipinski definition) is 4. The van der Waals surface area contributed by atoms with Crippen molar-refractivity contribution in [1.82, 2.24) is 25.4 Å². The Hall–Kier alpha value is -1.84. The van der Waals surface area contributed by atoms with Crippen molar-refractivity contribution in [3.8, 4) is 5.75 Å². The summed E-state index contributed by atoms with van der Waals surface area (Å²) < 4.78 is 7.77. The monoisotopic (exact) mass is 482 g/mol. The average molecular weight is 482 g/mol. The van der Waals surface area contributed by atoms with Gasteiger partial charge in [0.15, 0.2) is 5.96 Å². The smallest absolute Gasteiger partial charge is 0.191 e. The fourth-order valence-corrected chi connectivity index (χ4v) is 3.79. The maximum Gasteiger partial charge on any atom is 0.191 e. The molecule has 4 rings (SSSR count). The molecule has 0 saturated heterocycles. The lowest BCUT2D eigenvalue weighted by Gasteiger charge is -2.28. The lowest BCUT2D eigenvalue weighted by molar-refractivity contribution is 0.267. The first kappa shape index (κ1) is 19.9. The highest BCUT2D eigenvalue weighted by molar-refractivity contribution is 14.0. The molecule has 0 aliphatic carbocycles. The van der Waals surface area contributed by atoms with E-state index < -0.39 is 0 Å². The van der Waals surface area contributed by atoms with Crippen LogP contribution in [0.2, 0.25) is 0 Å². The van der Waals surface area contributed by atoms with Crippen molar-refractivity contribution in [3.63, 3.8) is 0 Å². The highest BCUT2D eigenvalue weighted by Gasteiger charge is 2.23. The molecule has 2 aliphatic heterocycles. The molecule has 7 nitrogen and oxygen atoms in total. The molecule has 0 saturated carbocycles. The van der Waals surface area contributed by atoms with Crippen LogP contribution in [0.4, 0.5) is 0 Å². The number of guanidine groups is 1. The minimum atomic E-state index is 0. The number of nitrogens with one attached hydrogen (secondary N) is 2. The number of hydrogen-bond donors (Lipinski definition) is 2. The van der Waals surface area contributed by atoms with Crippen molar-refractivity contribution in [2.75, 3.05) is 20.2 Å². The van der Waals surface area contributed by atoms with Crippen LogP contribution in [0.3, 0.4) is 0 Å². The van der Waals surface area contributed by atoms with Gasteiger partial charge in [-0.25, -0.2) is 9.67 Å². The van der Waals surface area contributed by atoms with E-state index >= 15 is 0 Å². The van der Waals surface area contributed by atoms with Gasteiger partial charge in [-0.3, -0.25) is 4.99 Å². The second-order valence-corrected chi connectivity index (χ2v) is 6.96. The minimum Gasteiger partial charge on any atom is -0.493 e. The van der Waals surface area contributed by atoms with Crippen molar-refractivity contribution < 1.29 is 4.74 Å². The van der Waals surface area contributed by atoms with Gasteiger partial charge in [0.25, 0.3) is 0 Å². The Labute approximate surface area is 177 Å². The van der Waals surface area contributed by atoms with Gasteiger partial charge < -0.3 is 15.4 Å². The number of aliphatic imine (C=N–C) groups is 1. The molecule has 1 aromatic carbocycles. The summed E-state index contributed by atoms with van der Waals surface area (Å²) in [5, 5.41) is 11.5. The largest absolute Gasteiger partial charge is 0.493 e. The van der Waals surface area contributed by atoms with Gasteiger partial charge in [0.2, 0.25) is 0 Å². The van der Waals surface area contributed by atoms with Gasteiger partial charge in [-0.2, -0.15) is 5.10 Å². The number of halogens is 1. The third kappa shape index (κ3) is 4.53. The van der Waals surface area contributed by atoms with Crippen molar-refractivity contribution in [2.24, 2.45) is 4.99 Å². The number of benzene rings is 1. The van der Waals surface area contributed by atoms with E-state index in [0.29, 0.717) is 12.0 Å². The molecule has 0 fully saturated rings. The Morgan fingerprint density at radius 3 is 3.04 bits per heavy atom. The zero-order chi connectivity index (χ0) is 17.9. The lowest BCUT2D eigenvalue weighted by Crippen LogP contribution is -2.48. The van der Waals surface area contributed by atoms with E-state index in [4.69, 9.17) is 4.74 Å². The molecule has 8 heteroatoms. The van der Waals surface area contributed by atoms with Crippen LogP contribution < -0.4 is 15.4 Å². The van der Waals surface area contributed by atoms with Crippen LogP contribution >= 0.6 is 24.0 Å². The third-order valence-electron chi connectivity index (χ3n) is 5.13. The van der Waals surface area contributed by atoms with Gasteiger partial charge in [-0.1, -0.05) is 18.2 Å². The number of para-hydroxylation sites is 1. The van der Waals surface area contributed by atoms with Crippen LogP contribution in [0.15, 0.2) is 29.3 Å². The molecule has 0 amide bonds. The maximum atomic E-state index is 5.75. The fourth-order valence-electron chi connectivity index (χ4n) is 3.79. The first-order chi connectivity index (χ1) is 12.7. The number of ether oxygens (including phenoxy) is 1. The molecule has 2 atom stereocenters. The minimum absolute atomic E-state index is 0. The van der Waals surface area contributed by atoms with Crippen LogP contribution in [0.1, 0.15) is 36.0 Å². The highest BCUT2D eigenvalue weighted by atomic mass is 127. The molecule has 27 heavy (non-hydrogen) atoms. The van der Waals surface area contributed by atoms with Crippen molar-refractivity contribution >= 4 is 29.9 Å². The van der Waals surface area contributed by atoms with E-state index in [-0.39, 0.29) is 24.0 Å². The van der Waals surface area contributed by atoms with Crippen molar-refractivity contribution in [1.29, 1.82) is 0 Å². The van der Waals surface area contributed by atoms with Crippen LogP contribution in [-0.2, 0) is 13.0 Å². The molecule has 146 valence electrons. The van der Waals surface area contributed by atoms with Crippen LogP contribution in [0.5, 0.6) is 5.75 Å². The predicted octanol–water partition coefficient (Wildman–Crippen LogP) is 2.25. The molecule has 2 unspecified atom stereocenters. The SMILES string of the molecule is CN=C(NCC1CCOc2ccccc21)NC1CCc2nc(C)nn2C1.I. The van der Waals surface area contributed by atoms with Crippen LogP contribution in [0.25, 0.3) is 0 Å². The second kappa shape index (κ2) is 8.90. The molecule has 2 aliphatic rings. The van der Waals surface area contributed by atoms with Gasteiger partial charge in [-0.05, 0) is 31.4 Å². The number of aryl methyl sites for hydroxylation is 2. The van der Waals surface area contributed by atoms with Crippen LogP contribution in [-0.4, -0.2) is 47.0 Å². The fraction of sp³-hybridized carbons (Fsp3) is 0.526. The van der Waals surface area contributed by atoms with E-state index in [1.54, 1.807) is 0 Å². The Morgan fingerprint density at radius 1 is 1.33 bits per heavy atom. The van der Waals surface area contributed by atoms with E-state index in [2.05, 4.69) is 37.8 Å². The quantitative estimate of drug-likeness (QED) is 0.399. The Bertz CT molecular complexity index is 805. The molecule has 0 radical (unpaired) electrons. The molecule has 3 heterocycles. The number of nitrogens with zero attached hydrogens (tertiary/aromatic N) is 4. The summed E-state index contributed by atoms with van der Waals surface area (Å²) in [4.78, 5) is 8.87. The highest BCUT2D eigenvalue weighted by Crippen LogP contribution is 2.32. The molecule has 1 aromatic heterocycles. The van der Waals surface area contributed by atoms with Crippen molar-refractivity contribution in [3.05, 3.63) is 41.5 Å². The summed E-state index contributed by atoms with van der Waals surface area (Å²) >= 11 is 0. The van der Waals surface area contributed by atoms with Crippen LogP contribution in [0, 0.1) is 6.92 Å². The van der Waals surface area contributed by atoms with Gasteiger partial charge in [0.1, 0.15) is 17.4 Å². The summed E-state index contributed by atoms with van der Waals surface area (Å²) in [5.74, 6) is 4.23. The van der Waals surface area contributed by atoms with E-state index in [1.807, 2.05) is 30.8 Å². The summed E-state index contributed by atoms with van der Waals surface area (Å²) in [6.07, 6.45) is 3.01. The Kier molecular flexibility index (Phi) is 6.56. The standard InChI is InChI=1S/C19H26N6O.HI/c1-13-22-18-8-7-15(12-25(18)24-13)23-19(20-2)21-11-14-9-10-26-17-6-4-3-5-16(14)17;/h3-6,14-15H,7-12H2,1-2H3,(H2,20,21,23);1H. The maximum absolute atomic E-state index is 5.75. The average Bonchev–Trinajstić information content (AvgIpc) is 3.04. The zero-order valence-electron chi connectivity index (χ0n) is 15.8. The summed E-state index contributed by atoms with van der Waals surface area (Å²) in [7, 11) is 1.82. The Balaban J connectivity index is 0.00000210. The van der Waals surface area contributed by atoms with Gasteiger partial charge in [0, 0.05) is 32.0 Å². The van der Waals surface area contributed by atoms with Gasteiger partial charge in [0.05, 0.1) is 13.2 Å². The molecule has 0 spiro atoms. The second-order valence-electron chi connectivity index (χ2n) is 6.96. The molecule has 2 aromatic rings. The molecular weight excluding hydrogens is 455 g/mol. The number of rotatable bonds is 3. The summed E-state index contributed by atoms with van der Waals surface area (Å²) in [6, 6.07) is 8.63. The molecule has 0 bridgehead atoms. The number of fused-ring (bicyclic) bond motifs is 2.